The highest BCUT2D eigenvalue weighted by Crippen LogP contribution is 1.98. The van der Waals surface area contributed by atoms with E-state index in [1.807, 2.05) is 13.0 Å². The fourth-order valence-corrected chi connectivity index (χ4v) is 1.52. The van der Waals surface area contributed by atoms with Gasteiger partial charge in [-0.15, -0.1) is 0 Å². The summed E-state index contributed by atoms with van der Waals surface area (Å²) in [6, 6.07) is 10.5. The Bertz CT molecular complexity index is 246. The van der Waals surface area contributed by atoms with Gasteiger partial charge in [0, 0.05) is 0 Å². The summed E-state index contributed by atoms with van der Waals surface area (Å²) in [5.41, 5.74) is 1.38. The van der Waals surface area contributed by atoms with E-state index < -0.39 is 0 Å². The van der Waals surface area contributed by atoms with E-state index in [1.54, 1.807) is 0 Å². The van der Waals surface area contributed by atoms with Gasteiger partial charge in [-0.25, -0.2) is 0 Å². The van der Waals surface area contributed by atoms with Gasteiger partial charge in [0.15, 0.2) is 0 Å². The van der Waals surface area contributed by atoms with Gasteiger partial charge < -0.3 is 10.4 Å². The van der Waals surface area contributed by atoms with E-state index in [-0.39, 0.29) is 6.10 Å². The normalized spacial score (nSPS) is 12.7. The van der Waals surface area contributed by atoms with Crippen molar-refractivity contribution in [3.05, 3.63) is 35.9 Å². The van der Waals surface area contributed by atoms with Crippen molar-refractivity contribution in [1.82, 2.24) is 5.32 Å². The van der Waals surface area contributed by atoms with Crippen LogP contribution in [0.1, 0.15) is 25.3 Å². The van der Waals surface area contributed by atoms with E-state index in [9.17, 15) is 0 Å². The van der Waals surface area contributed by atoms with Crippen LogP contribution in [0.15, 0.2) is 30.3 Å². The molecule has 0 bridgehead atoms. The van der Waals surface area contributed by atoms with E-state index in [0.29, 0.717) is 0 Å². The van der Waals surface area contributed by atoms with Crippen molar-refractivity contribution in [2.75, 3.05) is 13.1 Å². The Morgan fingerprint density at radius 3 is 2.60 bits per heavy atom. The zero-order valence-corrected chi connectivity index (χ0v) is 9.45. The van der Waals surface area contributed by atoms with Gasteiger partial charge in [0.05, 0.1) is 6.10 Å². The third-order valence-corrected chi connectivity index (χ3v) is 2.41. The first-order valence-corrected chi connectivity index (χ1v) is 5.72. The molecule has 0 amide bonds. The molecule has 0 heterocycles. The van der Waals surface area contributed by atoms with Crippen LogP contribution < -0.4 is 5.32 Å². The van der Waals surface area contributed by atoms with Crippen LogP contribution in [-0.2, 0) is 6.42 Å². The van der Waals surface area contributed by atoms with Gasteiger partial charge in [-0.3, -0.25) is 0 Å². The van der Waals surface area contributed by atoms with Crippen molar-refractivity contribution >= 4 is 0 Å². The summed E-state index contributed by atoms with van der Waals surface area (Å²) in [7, 11) is 0. The molecule has 1 rings (SSSR count). The van der Waals surface area contributed by atoms with Gasteiger partial charge in [-0.2, -0.15) is 0 Å². The fraction of sp³-hybridized carbons (Fsp3) is 0.538. The molecule has 2 N–H and O–H groups in total. The van der Waals surface area contributed by atoms with Gasteiger partial charge in [0.1, 0.15) is 0 Å². The zero-order valence-electron chi connectivity index (χ0n) is 9.45. The van der Waals surface area contributed by atoms with Crippen molar-refractivity contribution in [2.45, 2.75) is 32.3 Å². The maximum Gasteiger partial charge on any atom is 0.0512 e. The lowest BCUT2D eigenvalue weighted by atomic mass is 10.1. The highest BCUT2D eigenvalue weighted by Gasteiger charge is 1.95. The Hall–Kier alpha value is -0.860. The van der Waals surface area contributed by atoms with Crippen LogP contribution in [0.5, 0.6) is 0 Å². The largest absolute Gasteiger partial charge is 0.393 e. The number of aliphatic hydroxyl groups excluding tert-OH is 1. The van der Waals surface area contributed by atoms with Crippen LogP contribution in [0, 0.1) is 0 Å². The number of hydrogen-bond donors (Lipinski definition) is 2. The summed E-state index contributed by atoms with van der Waals surface area (Å²) < 4.78 is 0. The molecule has 1 aromatic carbocycles. The molecule has 0 spiro atoms. The van der Waals surface area contributed by atoms with Gasteiger partial charge in [0.25, 0.3) is 0 Å². The smallest absolute Gasteiger partial charge is 0.0512 e. The lowest BCUT2D eigenvalue weighted by molar-refractivity contribution is 0.181. The Morgan fingerprint density at radius 1 is 1.20 bits per heavy atom. The van der Waals surface area contributed by atoms with Crippen molar-refractivity contribution in [2.24, 2.45) is 0 Å². The summed E-state index contributed by atoms with van der Waals surface area (Å²) in [5.74, 6) is 0. The number of nitrogens with one attached hydrogen (secondary N) is 1. The second-order valence-corrected chi connectivity index (χ2v) is 3.98. The van der Waals surface area contributed by atoms with E-state index in [1.165, 1.54) is 5.56 Å². The molecular weight excluding hydrogens is 186 g/mol. The monoisotopic (exact) mass is 207 g/mol. The van der Waals surface area contributed by atoms with Gasteiger partial charge in [-0.1, -0.05) is 30.3 Å². The van der Waals surface area contributed by atoms with Crippen LogP contribution >= 0.6 is 0 Å². The lowest BCUT2D eigenvalue weighted by Crippen LogP contribution is -2.19. The molecule has 1 aromatic rings. The summed E-state index contributed by atoms with van der Waals surface area (Å²) >= 11 is 0. The first kappa shape index (κ1) is 12.2. The minimum Gasteiger partial charge on any atom is -0.393 e. The van der Waals surface area contributed by atoms with E-state index in [2.05, 4.69) is 29.6 Å². The molecule has 15 heavy (non-hydrogen) atoms. The molecule has 0 fully saturated rings. The average Bonchev–Trinajstić information content (AvgIpc) is 2.24. The predicted molar refractivity (Wildman–Crippen MR) is 63.9 cm³/mol. The molecule has 84 valence electrons. The fourth-order valence-electron chi connectivity index (χ4n) is 1.52. The molecule has 0 radical (unpaired) electrons. The Balaban J connectivity index is 1.98. The van der Waals surface area contributed by atoms with Crippen molar-refractivity contribution in [3.63, 3.8) is 0 Å². The number of rotatable bonds is 7. The first-order valence-electron chi connectivity index (χ1n) is 5.72. The van der Waals surface area contributed by atoms with Crippen molar-refractivity contribution < 1.29 is 5.11 Å². The number of hydrogen-bond acceptors (Lipinski definition) is 2. The lowest BCUT2D eigenvalue weighted by Gasteiger charge is -2.06. The third-order valence-electron chi connectivity index (χ3n) is 2.41. The van der Waals surface area contributed by atoms with Crippen LogP contribution in [0.4, 0.5) is 0 Å². The van der Waals surface area contributed by atoms with Crippen LogP contribution in [-0.4, -0.2) is 24.3 Å². The molecule has 0 saturated carbocycles. The first-order chi connectivity index (χ1) is 7.29. The maximum atomic E-state index is 9.06. The average molecular weight is 207 g/mol. The zero-order chi connectivity index (χ0) is 10.9. The molecule has 1 atom stereocenters. The summed E-state index contributed by atoms with van der Waals surface area (Å²) in [5, 5.41) is 12.4. The Morgan fingerprint density at radius 2 is 1.93 bits per heavy atom. The SMILES string of the molecule is CC(O)CCCNCCc1ccccc1. The van der Waals surface area contributed by atoms with E-state index >= 15 is 0 Å². The van der Waals surface area contributed by atoms with Crippen molar-refractivity contribution in [1.29, 1.82) is 0 Å². The summed E-state index contributed by atoms with van der Waals surface area (Å²) in [6.45, 7) is 3.85. The van der Waals surface area contributed by atoms with Gasteiger partial charge >= 0.3 is 0 Å². The van der Waals surface area contributed by atoms with Crippen LogP contribution in [0.3, 0.4) is 0 Å². The Kier molecular flexibility index (Phi) is 6.05. The molecule has 0 aliphatic heterocycles. The van der Waals surface area contributed by atoms with Crippen LogP contribution in [0.2, 0.25) is 0 Å². The summed E-state index contributed by atoms with van der Waals surface area (Å²) in [4.78, 5) is 0. The molecule has 0 aromatic heterocycles. The predicted octanol–water partition coefficient (Wildman–Crippen LogP) is 1.98. The number of benzene rings is 1. The van der Waals surface area contributed by atoms with Gasteiger partial charge in [0.2, 0.25) is 0 Å². The van der Waals surface area contributed by atoms with Crippen LogP contribution in [0.25, 0.3) is 0 Å². The van der Waals surface area contributed by atoms with Crippen molar-refractivity contribution in [3.8, 4) is 0 Å². The minimum atomic E-state index is -0.166. The van der Waals surface area contributed by atoms with Gasteiger partial charge in [-0.05, 0) is 44.8 Å². The molecular formula is C13H21NO. The highest BCUT2D eigenvalue weighted by molar-refractivity contribution is 5.14. The molecule has 0 saturated heterocycles. The van der Waals surface area contributed by atoms with E-state index in [4.69, 9.17) is 5.11 Å². The molecule has 0 aliphatic rings. The topological polar surface area (TPSA) is 32.3 Å². The maximum absolute atomic E-state index is 9.06. The second-order valence-electron chi connectivity index (χ2n) is 3.98. The molecule has 1 unspecified atom stereocenters. The second kappa shape index (κ2) is 7.43. The molecule has 2 nitrogen and oxygen atoms in total. The highest BCUT2D eigenvalue weighted by atomic mass is 16.3. The standard InChI is InChI=1S/C13H21NO/c1-12(15)6-5-10-14-11-9-13-7-3-2-4-8-13/h2-4,7-8,12,14-15H,5-6,9-11H2,1H3. The number of aliphatic hydroxyl groups is 1. The Labute approximate surface area is 92.3 Å². The summed E-state index contributed by atoms with van der Waals surface area (Å²) in [6.07, 6.45) is 2.85. The van der Waals surface area contributed by atoms with E-state index in [0.717, 1.165) is 32.4 Å². The molecule has 2 heteroatoms. The quantitative estimate of drug-likeness (QED) is 0.670. The molecule has 0 aliphatic carbocycles. The third kappa shape index (κ3) is 6.26. The minimum absolute atomic E-state index is 0.166.